The highest BCUT2D eigenvalue weighted by Crippen LogP contribution is 2.08. The molecule has 12 heavy (non-hydrogen) atoms. The third-order valence-electron chi connectivity index (χ3n) is 1.78. The van der Waals surface area contributed by atoms with Crippen LogP contribution < -0.4 is 0 Å². The van der Waals surface area contributed by atoms with Gasteiger partial charge in [-0.1, -0.05) is 31.9 Å². The van der Waals surface area contributed by atoms with Crippen molar-refractivity contribution < 1.29 is 9.53 Å². The molecule has 1 heterocycles. The van der Waals surface area contributed by atoms with Crippen molar-refractivity contribution in [1.29, 1.82) is 0 Å². The summed E-state index contributed by atoms with van der Waals surface area (Å²) in [6.45, 7) is 2.59. The molecule has 0 bridgehead atoms. The summed E-state index contributed by atoms with van der Waals surface area (Å²) in [5.74, 6) is -0.192. The van der Waals surface area contributed by atoms with E-state index in [2.05, 4.69) is 6.92 Å². The highest BCUT2D eigenvalue weighted by Gasteiger charge is 2.12. The van der Waals surface area contributed by atoms with E-state index in [1.807, 2.05) is 18.2 Å². The van der Waals surface area contributed by atoms with E-state index >= 15 is 0 Å². The molecule has 2 heteroatoms. The number of unbranched alkanes of at least 4 members (excludes halogenated alkanes) is 2. The molecule has 2 nitrogen and oxygen atoms in total. The lowest BCUT2D eigenvalue weighted by atomic mass is 10.2. The van der Waals surface area contributed by atoms with Crippen LogP contribution in [0.25, 0.3) is 0 Å². The number of cyclic esters (lactones) is 1. The van der Waals surface area contributed by atoms with Crippen molar-refractivity contribution in [3.05, 3.63) is 23.8 Å². The summed E-state index contributed by atoms with van der Waals surface area (Å²) >= 11 is 0. The molecule has 1 aliphatic heterocycles. The fourth-order valence-electron chi connectivity index (χ4n) is 1.04. The maximum atomic E-state index is 10.9. The molecule has 0 amide bonds. The third-order valence-corrected chi connectivity index (χ3v) is 1.78. The number of carbonyl (C=O) groups is 1. The average molecular weight is 166 g/mol. The third kappa shape index (κ3) is 2.53. The van der Waals surface area contributed by atoms with Gasteiger partial charge in [-0.3, -0.25) is 0 Å². The van der Waals surface area contributed by atoms with Crippen molar-refractivity contribution in [2.24, 2.45) is 0 Å². The zero-order valence-electron chi connectivity index (χ0n) is 7.38. The summed E-state index contributed by atoms with van der Waals surface area (Å²) in [7, 11) is 0. The number of rotatable bonds is 4. The topological polar surface area (TPSA) is 26.3 Å². The van der Waals surface area contributed by atoms with Crippen LogP contribution in [-0.2, 0) is 9.53 Å². The number of ether oxygens (including phenoxy) is 1. The van der Waals surface area contributed by atoms with Gasteiger partial charge in [-0.15, -0.1) is 0 Å². The minimum Gasteiger partial charge on any atom is -0.458 e. The first-order valence-electron chi connectivity index (χ1n) is 4.38. The van der Waals surface area contributed by atoms with E-state index in [4.69, 9.17) is 4.74 Å². The maximum absolute atomic E-state index is 10.9. The molecular formula is C10H14O2. The van der Waals surface area contributed by atoms with Crippen molar-refractivity contribution >= 4 is 5.97 Å². The van der Waals surface area contributed by atoms with Gasteiger partial charge in [-0.05, 0) is 12.5 Å². The zero-order chi connectivity index (χ0) is 8.81. The van der Waals surface area contributed by atoms with Crippen molar-refractivity contribution in [3.63, 3.8) is 0 Å². The minimum absolute atomic E-state index is 0.192. The number of hydrogen-bond donors (Lipinski definition) is 0. The van der Waals surface area contributed by atoms with E-state index in [9.17, 15) is 4.79 Å². The Bertz CT molecular complexity index is 214. The standard InChI is InChI=1S/C10H14O2/c1-2-3-4-5-6-9-7-8-12-10(9)11/h5-7H,2-4,8H2,1H3/b6-5+. The molecule has 0 aromatic carbocycles. The Morgan fingerprint density at radius 2 is 2.50 bits per heavy atom. The van der Waals surface area contributed by atoms with Crippen LogP contribution >= 0.6 is 0 Å². The summed E-state index contributed by atoms with van der Waals surface area (Å²) < 4.78 is 4.74. The molecular weight excluding hydrogens is 152 g/mol. The number of hydrogen-bond acceptors (Lipinski definition) is 2. The monoisotopic (exact) mass is 166 g/mol. The molecule has 0 fully saturated rings. The van der Waals surface area contributed by atoms with Gasteiger partial charge in [0.1, 0.15) is 6.61 Å². The Morgan fingerprint density at radius 1 is 1.67 bits per heavy atom. The van der Waals surface area contributed by atoms with Crippen LogP contribution in [-0.4, -0.2) is 12.6 Å². The predicted molar refractivity (Wildman–Crippen MR) is 47.7 cm³/mol. The van der Waals surface area contributed by atoms with Crippen LogP contribution in [0.5, 0.6) is 0 Å². The maximum Gasteiger partial charge on any atom is 0.338 e. The zero-order valence-corrected chi connectivity index (χ0v) is 7.38. The Hall–Kier alpha value is -1.05. The predicted octanol–water partition coefficient (Wildman–Crippen LogP) is 2.22. The fraction of sp³-hybridized carbons (Fsp3) is 0.500. The molecule has 0 unspecified atom stereocenters. The first kappa shape index (κ1) is 9.04. The van der Waals surface area contributed by atoms with E-state index in [0.29, 0.717) is 12.2 Å². The van der Waals surface area contributed by atoms with E-state index in [1.54, 1.807) is 0 Å². The van der Waals surface area contributed by atoms with Crippen LogP contribution in [0.4, 0.5) is 0 Å². The lowest BCUT2D eigenvalue weighted by Crippen LogP contribution is -1.96. The molecule has 1 rings (SSSR count). The second kappa shape index (κ2) is 4.75. The first-order valence-corrected chi connectivity index (χ1v) is 4.38. The fourth-order valence-corrected chi connectivity index (χ4v) is 1.04. The van der Waals surface area contributed by atoms with Gasteiger partial charge in [0, 0.05) is 0 Å². The molecule has 0 aliphatic carbocycles. The average Bonchev–Trinajstić information content (AvgIpc) is 2.46. The highest BCUT2D eigenvalue weighted by atomic mass is 16.5. The van der Waals surface area contributed by atoms with Crippen LogP contribution in [0.2, 0.25) is 0 Å². The summed E-state index contributed by atoms with van der Waals surface area (Å²) in [5, 5.41) is 0. The number of carbonyl (C=O) groups excluding carboxylic acids is 1. The molecule has 0 saturated heterocycles. The largest absolute Gasteiger partial charge is 0.458 e. The summed E-state index contributed by atoms with van der Waals surface area (Å²) in [6.07, 6.45) is 9.10. The molecule has 0 N–H and O–H groups in total. The lowest BCUT2D eigenvalue weighted by Gasteiger charge is -1.91. The molecule has 0 spiro atoms. The smallest absolute Gasteiger partial charge is 0.338 e. The normalized spacial score (nSPS) is 16.8. The summed E-state index contributed by atoms with van der Waals surface area (Å²) in [6, 6.07) is 0. The van der Waals surface area contributed by atoms with Gasteiger partial charge in [0.15, 0.2) is 0 Å². The first-order chi connectivity index (χ1) is 5.84. The molecule has 0 radical (unpaired) electrons. The number of esters is 1. The lowest BCUT2D eigenvalue weighted by molar-refractivity contribution is -0.135. The van der Waals surface area contributed by atoms with Crippen LogP contribution in [0.3, 0.4) is 0 Å². The van der Waals surface area contributed by atoms with Crippen molar-refractivity contribution in [1.82, 2.24) is 0 Å². The Labute approximate surface area is 72.9 Å². The molecule has 1 aliphatic rings. The van der Waals surface area contributed by atoms with E-state index < -0.39 is 0 Å². The minimum atomic E-state index is -0.192. The van der Waals surface area contributed by atoms with Gasteiger partial charge in [-0.25, -0.2) is 4.79 Å². The van der Waals surface area contributed by atoms with Gasteiger partial charge in [0.2, 0.25) is 0 Å². The summed E-state index contributed by atoms with van der Waals surface area (Å²) in [5.41, 5.74) is 0.700. The second-order valence-corrected chi connectivity index (χ2v) is 2.80. The molecule has 0 aromatic heterocycles. The van der Waals surface area contributed by atoms with Crippen molar-refractivity contribution in [2.75, 3.05) is 6.61 Å². The SMILES string of the molecule is CCCC/C=C/C1=CCOC1=O. The Morgan fingerprint density at radius 3 is 3.08 bits per heavy atom. The van der Waals surface area contributed by atoms with Gasteiger partial charge >= 0.3 is 5.97 Å². The van der Waals surface area contributed by atoms with E-state index in [0.717, 1.165) is 6.42 Å². The second-order valence-electron chi connectivity index (χ2n) is 2.80. The van der Waals surface area contributed by atoms with Gasteiger partial charge in [-0.2, -0.15) is 0 Å². The van der Waals surface area contributed by atoms with Crippen molar-refractivity contribution in [2.45, 2.75) is 26.2 Å². The Kier molecular flexibility index (Phi) is 3.58. The van der Waals surface area contributed by atoms with Crippen LogP contribution in [0.15, 0.2) is 23.8 Å². The molecule has 0 aromatic rings. The summed E-state index contributed by atoms with van der Waals surface area (Å²) in [4.78, 5) is 10.9. The Balaban J connectivity index is 2.30. The van der Waals surface area contributed by atoms with Crippen molar-refractivity contribution in [3.8, 4) is 0 Å². The molecule has 0 saturated carbocycles. The number of allylic oxidation sites excluding steroid dienone is 1. The molecule has 66 valence electrons. The molecule has 0 atom stereocenters. The van der Waals surface area contributed by atoms with Gasteiger partial charge < -0.3 is 4.74 Å². The van der Waals surface area contributed by atoms with Gasteiger partial charge in [0.25, 0.3) is 0 Å². The highest BCUT2D eigenvalue weighted by molar-refractivity contribution is 5.93. The van der Waals surface area contributed by atoms with Crippen LogP contribution in [0, 0.1) is 0 Å². The van der Waals surface area contributed by atoms with E-state index in [-0.39, 0.29) is 5.97 Å². The quantitative estimate of drug-likeness (QED) is 0.473. The van der Waals surface area contributed by atoms with E-state index in [1.165, 1.54) is 12.8 Å². The van der Waals surface area contributed by atoms with Crippen LogP contribution in [0.1, 0.15) is 26.2 Å². The van der Waals surface area contributed by atoms with Gasteiger partial charge in [0.05, 0.1) is 5.57 Å².